The van der Waals surface area contributed by atoms with E-state index in [4.69, 9.17) is 11.5 Å². The van der Waals surface area contributed by atoms with Crippen LogP contribution in [0.25, 0.3) is 0 Å². The minimum Gasteiger partial charge on any atom is -0.368 e. The van der Waals surface area contributed by atoms with Gasteiger partial charge in [0.1, 0.15) is 0 Å². The van der Waals surface area contributed by atoms with Crippen molar-refractivity contribution in [3.8, 4) is 0 Å². The zero-order valence-corrected chi connectivity index (χ0v) is 9.09. The van der Waals surface area contributed by atoms with Crippen LogP contribution in [-0.4, -0.2) is 27.7 Å². The molecule has 0 radical (unpaired) electrons. The second-order valence-electron chi connectivity index (χ2n) is 3.93. The summed E-state index contributed by atoms with van der Waals surface area (Å²) >= 11 is 0. The normalized spacial score (nSPS) is 22.1. The molecule has 0 saturated heterocycles. The number of primary amides is 1. The summed E-state index contributed by atoms with van der Waals surface area (Å²) in [6.45, 7) is 0. The molecule has 0 aromatic heterocycles. The molecule has 0 aromatic carbocycles. The second kappa shape index (κ2) is 5.46. The fourth-order valence-corrected chi connectivity index (χ4v) is 3.35. The van der Waals surface area contributed by atoms with E-state index >= 15 is 0 Å². The molecule has 1 fully saturated rings. The third kappa shape index (κ3) is 3.75. The first kappa shape index (κ1) is 11.7. The molecule has 1 rings (SSSR count). The van der Waals surface area contributed by atoms with Gasteiger partial charge < -0.3 is 11.5 Å². The first-order valence-electron chi connectivity index (χ1n) is 4.99. The smallest absolute Gasteiger partial charge is 0.235 e. The van der Waals surface area contributed by atoms with Gasteiger partial charge in [0.2, 0.25) is 5.91 Å². The van der Waals surface area contributed by atoms with Crippen molar-refractivity contribution in [3.05, 3.63) is 0 Å². The van der Waals surface area contributed by atoms with Crippen molar-refractivity contribution in [2.75, 3.05) is 11.5 Å². The molecule has 4 nitrogen and oxygen atoms in total. The molecule has 0 spiro atoms. The summed E-state index contributed by atoms with van der Waals surface area (Å²) in [5, 5.41) is 0. The lowest BCUT2D eigenvalue weighted by Gasteiger charge is -2.10. The summed E-state index contributed by atoms with van der Waals surface area (Å²) < 4.78 is 11.5. The van der Waals surface area contributed by atoms with Gasteiger partial charge in [-0.3, -0.25) is 9.00 Å². The minimum atomic E-state index is -0.986. The predicted octanol–water partition coefficient (Wildman–Crippen LogP) is -0.262. The van der Waals surface area contributed by atoms with Crippen molar-refractivity contribution in [1.82, 2.24) is 0 Å². The topological polar surface area (TPSA) is 86.2 Å². The van der Waals surface area contributed by atoms with Crippen LogP contribution in [0.3, 0.4) is 0 Å². The summed E-state index contributed by atoms with van der Waals surface area (Å²) in [5.74, 6) is 0.896. The molecule has 4 N–H and O–H groups in total. The summed E-state index contributed by atoms with van der Waals surface area (Å²) in [6.07, 6.45) is 4.81. The number of hydrogen-bond acceptors (Lipinski definition) is 3. The fraction of sp³-hybridized carbons (Fsp3) is 0.889. The molecular weight excluding hydrogens is 200 g/mol. The summed E-state index contributed by atoms with van der Waals surface area (Å²) in [7, 11) is -0.986. The average Bonchev–Trinajstić information content (AvgIpc) is 2.56. The van der Waals surface area contributed by atoms with Crippen LogP contribution in [-0.2, 0) is 15.6 Å². The molecule has 1 saturated carbocycles. The second-order valence-corrected chi connectivity index (χ2v) is 5.48. The van der Waals surface area contributed by atoms with Crippen LogP contribution >= 0.6 is 0 Å². The van der Waals surface area contributed by atoms with Gasteiger partial charge in [-0.25, -0.2) is 0 Å². The molecule has 1 amide bonds. The molecule has 14 heavy (non-hydrogen) atoms. The SMILES string of the molecule is NC(=O)C(N)CS(=O)CC1CCCC1. The standard InChI is InChI=1S/C9H18N2O2S/c10-8(9(11)12)6-14(13)5-7-3-1-2-4-7/h7-8H,1-6,10H2,(H2,11,12). The van der Waals surface area contributed by atoms with E-state index in [2.05, 4.69) is 0 Å². The van der Waals surface area contributed by atoms with Crippen molar-refractivity contribution in [1.29, 1.82) is 0 Å². The number of nitrogens with two attached hydrogens (primary N) is 2. The Morgan fingerprint density at radius 2 is 2.00 bits per heavy atom. The van der Waals surface area contributed by atoms with E-state index in [1.165, 1.54) is 12.8 Å². The van der Waals surface area contributed by atoms with E-state index in [0.29, 0.717) is 11.7 Å². The molecule has 0 bridgehead atoms. The van der Waals surface area contributed by atoms with Gasteiger partial charge in [-0.15, -0.1) is 0 Å². The van der Waals surface area contributed by atoms with Crippen molar-refractivity contribution in [2.24, 2.45) is 17.4 Å². The third-order valence-electron chi connectivity index (χ3n) is 2.63. The van der Waals surface area contributed by atoms with E-state index in [1.807, 2.05) is 0 Å². The first-order chi connectivity index (χ1) is 6.59. The van der Waals surface area contributed by atoms with Gasteiger partial charge in [-0.2, -0.15) is 0 Å². The van der Waals surface area contributed by atoms with E-state index in [-0.39, 0.29) is 5.75 Å². The van der Waals surface area contributed by atoms with E-state index < -0.39 is 22.7 Å². The number of carbonyl (C=O) groups is 1. The number of rotatable bonds is 5. The Kier molecular flexibility index (Phi) is 4.54. The first-order valence-corrected chi connectivity index (χ1v) is 6.48. The monoisotopic (exact) mass is 218 g/mol. The van der Waals surface area contributed by atoms with Crippen LogP contribution in [0.5, 0.6) is 0 Å². The Bertz CT molecular complexity index is 227. The van der Waals surface area contributed by atoms with Crippen LogP contribution < -0.4 is 11.5 Å². The number of amides is 1. The highest BCUT2D eigenvalue weighted by Gasteiger charge is 2.20. The lowest BCUT2D eigenvalue weighted by atomic mass is 10.1. The molecule has 0 aromatic rings. The van der Waals surface area contributed by atoms with Crippen LogP contribution in [0.2, 0.25) is 0 Å². The van der Waals surface area contributed by atoms with Gasteiger partial charge in [0, 0.05) is 22.3 Å². The van der Waals surface area contributed by atoms with E-state index in [9.17, 15) is 9.00 Å². The molecule has 82 valence electrons. The summed E-state index contributed by atoms with van der Waals surface area (Å²) in [6, 6.07) is -0.753. The van der Waals surface area contributed by atoms with Gasteiger partial charge in [-0.05, 0) is 18.8 Å². The molecule has 1 aliphatic rings. The van der Waals surface area contributed by atoms with Crippen molar-refractivity contribution < 1.29 is 9.00 Å². The maximum Gasteiger partial charge on any atom is 0.235 e. The lowest BCUT2D eigenvalue weighted by Crippen LogP contribution is -2.41. The van der Waals surface area contributed by atoms with Crippen LogP contribution in [0.1, 0.15) is 25.7 Å². The van der Waals surface area contributed by atoms with Gasteiger partial charge in [0.15, 0.2) is 0 Å². The maximum absolute atomic E-state index is 11.5. The van der Waals surface area contributed by atoms with Crippen LogP contribution in [0, 0.1) is 5.92 Å². The summed E-state index contributed by atoms with van der Waals surface area (Å²) in [4.78, 5) is 10.6. The number of carbonyl (C=O) groups excluding carboxylic acids is 1. The van der Waals surface area contributed by atoms with E-state index in [1.54, 1.807) is 0 Å². The molecule has 0 heterocycles. The summed E-state index contributed by atoms with van der Waals surface area (Å²) in [5.41, 5.74) is 10.4. The molecule has 5 heteroatoms. The van der Waals surface area contributed by atoms with Crippen molar-refractivity contribution in [3.63, 3.8) is 0 Å². The highest BCUT2D eigenvalue weighted by molar-refractivity contribution is 7.85. The fourth-order valence-electron chi connectivity index (χ4n) is 1.79. The Morgan fingerprint density at radius 1 is 1.43 bits per heavy atom. The Morgan fingerprint density at radius 3 is 2.50 bits per heavy atom. The highest BCUT2D eigenvalue weighted by atomic mass is 32.2. The lowest BCUT2D eigenvalue weighted by molar-refractivity contribution is -0.118. The van der Waals surface area contributed by atoms with Gasteiger partial charge >= 0.3 is 0 Å². The Balaban J connectivity index is 2.24. The maximum atomic E-state index is 11.5. The third-order valence-corrected chi connectivity index (χ3v) is 4.20. The number of hydrogen-bond donors (Lipinski definition) is 2. The predicted molar refractivity (Wildman–Crippen MR) is 57.0 cm³/mol. The van der Waals surface area contributed by atoms with Crippen molar-refractivity contribution in [2.45, 2.75) is 31.7 Å². The highest BCUT2D eigenvalue weighted by Crippen LogP contribution is 2.25. The zero-order valence-electron chi connectivity index (χ0n) is 8.28. The quantitative estimate of drug-likeness (QED) is 0.666. The molecule has 1 aliphatic carbocycles. The van der Waals surface area contributed by atoms with Crippen LogP contribution in [0.15, 0.2) is 0 Å². The Labute approximate surface area is 86.9 Å². The average molecular weight is 218 g/mol. The molecule has 0 aliphatic heterocycles. The van der Waals surface area contributed by atoms with Gasteiger partial charge in [-0.1, -0.05) is 12.8 Å². The van der Waals surface area contributed by atoms with E-state index in [0.717, 1.165) is 12.8 Å². The molecule has 2 atom stereocenters. The van der Waals surface area contributed by atoms with Gasteiger partial charge in [0.05, 0.1) is 6.04 Å². The largest absolute Gasteiger partial charge is 0.368 e. The minimum absolute atomic E-state index is 0.214. The molecule has 2 unspecified atom stereocenters. The van der Waals surface area contributed by atoms with Crippen molar-refractivity contribution >= 4 is 16.7 Å². The van der Waals surface area contributed by atoms with Crippen LogP contribution in [0.4, 0.5) is 0 Å². The zero-order chi connectivity index (χ0) is 10.6. The Hall–Kier alpha value is -0.420. The van der Waals surface area contributed by atoms with Gasteiger partial charge in [0.25, 0.3) is 0 Å². The molecular formula is C9H18N2O2S.